The summed E-state index contributed by atoms with van der Waals surface area (Å²) < 4.78 is 14.1. The third-order valence-electron chi connectivity index (χ3n) is 7.42. The molecule has 1 aliphatic heterocycles. The molecule has 1 saturated carbocycles. The van der Waals surface area contributed by atoms with Crippen LogP contribution in [0.15, 0.2) is 18.2 Å². The Labute approximate surface area is 205 Å². The van der Waals surface area contributed by atoms with Gasteiger partial charge in [-0.1, -0.05) is 19.9 Å². The van der Waals surface area contributed by atoms with Crippen molar-refractivity contribution in [3.8, 4) is 0 Å². The molecule has 5 atom stereocenters. The number of nitrogens with zero attached hydrogens (tertiary/aromatic N) is 2. The van der Waals surface area contributed by atoms with Crippen molar-refractivity contribution < 1.29 is 18.8 Å². The number of rotatable bonds is 8. The molecule has 1 aromatic carbocycles. The smallest absolute Gasteiger partial charge is 0.243 e. The van der Waals surface area contributed by atoms with Crippen LogP contribution in [0.2, 0.25) is 0 Å². The lowest BCUT2D eigenvalue weighted by Gasteiger charge is -2.34. The molecule has 1 aromatic heterocycles. The highest BCUT2D eigenvalue weighted by Crippen LogP contribution is 2.44. The van der Waals surface area contributed by atoms with Gasteiger partial charge in [-0.3, -0.25) is 14.4 Å². The fourth-order valence-electron chi connectivity index (χ4n) is 5.11. The molecular weight excluding hydrogens is 449 g/mol. The van der Waals surface area contributed by atoms with E-state index in [1.54, 1.807) is 19.1 Å². The zero-order valence-corrected chi connectivity index (χ0v) is 20.9. The molecule has 0 bridgehead atoms. The Hall–Kier alpha value is -2.97. The first kappa shape index (κ1) is 25.1. The van der Waals surface area contributed by atoms with E-state index in [-0.39, 0.29) is 35.7 Å². The molecule has 3 N–H and O–H groups in total. The molecule has 8 nitrogen and oxygen atoms in total. The van der Waals surface area contributed by atoms with Gasteiger partial charge in [0.2, 0.25) is 17.7 Å². The van der Waals surface area contributed by atoms with Crippen LogP contribution >= 0.6 is 0 Å². The Morgan fingerprint density at radius 3 is 2.63 bits per heavy atom. The standard InChI is InChI=1S/C26H36FN5O3/c1-14(2)17-12-18(17)25(34)30-21(13-22(33)32-11-6-5-8-15(32)3)26(35)28-16(4)24-29-20-10-7-9-19(27)23(20)31-24/h7,9-10,14-18,21H,5-6,8,11-13H2,1-4H3,(H,28,35)(H,29,31)(H,30,34)/t15?,16-,17?,18?,21?/m0/s1. The molecule has 9 heteroatoms. The normalized spacial score (nSPS) is 23.7. The number of piperidine rings is 1. The van der Waals surface area contributed by atoms with Gasteiger partial charge >= 0.3 is 0 Å². The van der Waals surface area contributed by atoms with Crippen molar-refractivity contribution >= 4 is 28.8 Å². The van der Waals surface area contributed by atoms with Gasteiger partial charge in [0.25, 0.3) is 0 Å². The van der Waals surface area contributed by atoms with Gasteiger partial charge in [0.05, 0.1) is 18.0 Å². The van der Waals surface area contributed by atoms with Crippen LogP contribution in [0.5, 0.6) is 0 Å². The van der Waals surface area contributed by atoms with Crippen molar-refractivity contribution in [2.75, 3.05) is 6.54 Å². The maximum Gasteiger partial charge on any atom is 0.243 e. The summed E-state index contributed by atoms with van der Waals surface area (Å²) in [4.78, 5) is 48.4. The SMILES string of the molecule is CC(C)C1CC1C(=O)NC(CC(=O)N1CCCCC1C)C(=O)N[C@@H](C)c1nc2c(F)cccc2[nH]1. The van der Waals surface area contributed by atoms with Crippen molar-refractivity contribution in [1.29, 1.82) is 0 Å². The number of aromatic amines is 1. The van der Waals surface area contributed by atoms with Gasteiger partial charge in [0, 0.05) is 18.5 Å². The summed E-state index contributed by atoms with van der Waals surface area (Å²) in [6.45, 7) is 8.59. The Morgan fingerprint density at radius 2 is 1.97 bits per heavy atom. The molecule has 2 aliphatic rings. The summed E-state index contributed by atoms with van der Waals surface area (Å²) in [6.07, 6.45) is 3.67. The second-order valence-corrected chi connectivity index (χ2v) is 10.4. The van der Waals surface area contributed by atoms with Gasteiger partial charge in [-0.15, -0.1) is 0 Å². The molecule has 3 amide bonds. The summed E-state index contributed by atoms with van der Waals surface area (Å²) in [6, 6.07) is 3.20. The quantitative estimate of drug-likeness (QED) is 0.532. The van der Waals surface area contributed by atoms with Crippen LogP contribution < -0.4 is 10.6 Å². The van der Waals surface area contributed by atoms with Crippen LogP contribution in [0.25, 0.3) is 11.0 Å². The number of benzene rings is 1. The number of amides is 3. The number of aromatic nitrogens is 2. The van der Waals surface area contributed by atoms with E-state index < -0.39 is 23.8 Å². The van der Waals surface area contributed by atoms with E-state index in [1.807, 2.05) is 11.8 Å². The fourth-order valence-corrected chi connectivity index (χ4v) is 5.11. The summed E-state index contributed by atoms with van der Waals surface area (Å²) in [5.74, 6) is -0.227. The van der Waals surface area contributed by atoms with Gasteiger partial charge in [0.15, 0.2) is 5.82 Å². The highest BCUT2D eigenvalue weighted by atomic mass is 19.1. The predicted octanol–water partition coefficient (Wildman–Crippen LogP) is 3.45. The lowest BCUT2D eigenvalue weighted by molar-refractivity contribution is -0.138. The minimum absolute atomic E-state index is 0.0948. The van der Waals surface area contributed by atoms with E-state index in [0.29, 0.717) is 29.7 Å². The third kappa shape index (κ3) is 5.65. The summed E-state index contributed by atoms with van der Waals surface area (Å²) >= 11 is 0. The van der Waals surface area contributed by atoms with Gasteiger partial charge in [-0.25, -0.2) is 9.37 Å². The number of para-hydroxylation sites is 1. The number of nitrogens with one attached hydrogen (secondary N) is 3. The van der Waals surface area contributed by atoms with Crippen LogP contribution in [-0.2, 0) is 14.4 Å². The van der Waals surface area contributed by atoms with Crippen LogP contribution in [0.1, 0.15) is 71.7 Å². The highest BCUT2D eigenvalue weighted by molar-refractivity contribution is 5.93. The molecule has 0 spiro atoms. The minimum atomic E-state index is -0.985. The first-order chi connectivity index (χ1) is 16.7. The van der Waals surface area contributed by atoms with Crippen LogP contribution in [-0.4, -0.2) is 51.2 Å². The van der Waals surface area contributed by atoms with Crippen LogP contribution in [0.4, 0.5) is 4.39 Å². The first-order valence-electron chi connectivity index (χ1n) is 12.7. The molecule has 35 heavy (non-hydrogen) atoms. The number of fused-ring (bicyclic) bond motifs is 1. The van der Waals surface area contributed by atoms with Crippen molar-refractivity contribution in [2.24, 2.45) is 17.8 Å². The lowest BCUT2D eigenvalue weighted by atomic mass is 10.0. The number of carbonyl (C=O) groups is 3. The number of hydrogen-bond donors (Lipinski definition) is 3. The van der Waals surface area contributed by atoms with E-state index in [9.17, 15) is 18.8 Å². The van der Waals surface area contributed by atoms with Gasteiger partial charge in [-0.05, 0) is 63.5 Å². The number of carbonyl (C=O) groups excluding carboxylic acids is 3. The van der Waals surface area contributed by atoms with Gasteiger partial charge < -0.3 is 20.5 Å². The van der Waals surface area contributed by atoms with Gasteiger partial charge in [-0.2, -0.15) is 0 Å². The molecule has 1 saturated heterocycles. The van der Waals surface area contributed by atoms with E-state index in [4.69, 9.17) is 0 Å². The van der Waals surface area contributed by atoms with Crippen LogP contribution in [0, 0.1) is 23.6 Å². The third-order valence-corrected chi connectivity index (χ3v) is 7.42. The summed E-state index contributed by atoms with van der Waals surface area (Å²) in [5, 5.41) is 5.71. The monoisotopic (exact) mass is 485 g/mol. The van der Waals surface area contributed by atoms with E-state index in [2.05, 4.69) is 34.4 Å². The molecule has 2 fully saturated rings. The van der Waals surface area contributed by atoms with E-state index in [0.717, 1.165) is 25.7 Å². The molecule has 190 valence electrons. The molecule has 1 aliphatic carbocycles. The van der Waals surface area contributed by atoms with Crippen molar-refractivity contribution in [3.05, 3.63) is 29.8 Å². The zero-order chi connectivity index (χ0) is 25.3. The van der Waals surface area contributed by atoms with Crippen molar-refractivity contribution in [3.63, 3.8) is 0 Å². The molecule has 2 aromatic rings. The van der Waals surface area contributed by atoms with E-state index >= 15 is 0 Å². The molecule has 0 radical (unpaired) electrons. The van der Waals surface area contributed by atoms with Crippen molar-refractivity contribution in [1.82, 2.24) is 25.5 Å². The largest absolute Gasteiger partial charge is 0.345 e. The maximum absolute atomic E-state index is 14.1. The fraction of sp³-hybridized carbons (Fsp3) is 0.615. The summed E-state index contributed by atoms with van der Waals surface area (Å²) in [5.41, 5.74) is 0.741. The number of H-pyrrole nitrogens is 1. The van der Waals surface area contributed by atoms with Crippen molar-refractivity contribution in [2.45, 2.75) is 77.9 Å². The number of likely N-dealkylation sites (tertiary alicyclic amines) is 1. The molecule has 4 rings (SSSR count). The Morgan fingerprint density at radius 1 is 1.20 bits per heavy atom. The van der Waals surface area contributed by atoms with Gasteiger partial charge in [0.1, 0.15) is 17.4 Å². The number of halogens is 1. The number of hydrogen-bond acceptors (Lipinski definition) is 4. The molecule has 4 unspecified atom stereocenters. The number of imidazole rings is 1. The topological polar surface area (TPSA) is 107 Å². The average Bonchev–Trinajstić information content (AvgIpc) is 3.50. The average molecular weight is 486 g/mol. The second kappa shape index (κ2) is 10.3. The maximum atomic E-state index is 14.1. The highest BCUT2D eigenvalue weighted by Gasteiger charge is 2.45. The minimum Gasteiger partial charge on any atom is -0.345 e. The Balaban J connectivity index is 1.47. The predicted molar refractivity (Wildman–Crippen MR) is 131 cm³/mol. The first-order valence-corrected chi connectivity index (χ1v) is 12.7. The molecule has 2 heterocycles. The zero-order valence-electron chi connectivity index (χ0n) is 20.9. The Kier molecular flexibility index (Phi) is 7.42. The Bertz CT molecular complexity index is 1100. The van der Waals surface area contributed by atoms with Crippen LogP contribution in [0.3, 0.4) is 0 Å². The lowest BCUT2D eigenvalue weighted by Crippen LogP contribution is -2.52. The molecular formula is C26H36FN5O3. The second-order valence-electron chi connectivity index (χ2n) is 10.4. The van der Waals surface area contributed by atoms with E-state index in [1.165, 1.54) is 6.07 Å². The summed E-state index contributed by atoms with van der Waals surface area (Å²) in [7, 11) is 0.